The molecular weight excluding hydrogens is 274 g/mol. The lowest BCUT2D eigenvalue weighted by Crippen LogP contribution is -2.17. The molecule has 3 nitrogen and oxygen atoms in total. The third-order valence-corrected chi connectivity index (χ3v) is 3.33. The molecule has 0 radical (unpaired) electrons. The highest BCUT2D eigenvalue weighted by atomic mass is 19.2. The summed E-state index contributed by atoms with van der Waals surface area (Å²) in [5, 5.41) is 2.32. The van der Waals surface area contributed by atoms with Crippen molar-refractivity contribution in [2.75, 3.05) is 11.1 Å². The van der Waals surface area contributed by atoms with Crippen molar-refractivity contribution in [2.45, 2.75) is 20.3 Å². The second kappa shape index (κ2) is 5.91. The number of amides is 1. The lowest BCUT2D eigenvalue weighted by Gasteiger charge is -2.10. The van der Waals surface area contributed by atoms with Crippen molar-refractivity contribution in [1.29, 1.82) is 0 Å². The van der Waals surface area contributed by atoms with Gasteiger partial charge in [-0.25, -0.2) is 8.78 Å². The van der Waals surface area contributed by atoms with Gasteiger partial charge < -0.3 is 11.1 Å². The van der Waals surface area contributed by atoms with Crippen LogP contribution in [0.4, 0.5) is 20.2 Å². The average Bonchev–Trinajstić information content (AvgIpc) is 2.43. The van der Waals surface area contributed by atoms with Crippen LogP contribution in [0.1, 0.15) is 16.7 Å². The summed E-state index contributed by atoms with van der Waals surface area (Å²) in [6.07, 6.45) is 0.0660. The van der Waals surface area contributed by atoms with Gasteiger partial charge in [0.05, 0.1) is 12.1 Å². The van der Waals surface area contributed by atoms with E-state index in [0.29, 0.717) is 0 Å². The Morgan fingerprint density at radius 2 is 1.86 bits per heavy atom. The number of carbonyl (C=O) groups excluding carboxylic acids is 1. The van der Waals surface area contributed by atoms with E-state index in [-0.39, 0.29) is 17.8 Å². The average molecular weight is 290 g/mol. The quantitative estimate of drug-likeness (QED) is 0.852. The number of aryl methyl sites for hydroxylation is 2. The van der Waals surface area contributed by atoms with Crippen LogP contribution < -0.4 is 11.1 Å². The zero-order valence-corrected chi connectivity index (χ0v) is 11.8. The maximum absolute atomic E-state index is 13.6. The Morgan fingerprint density at radius 3 is 2.52 bits per heavy atom. The number of hydrogen-bond donors (Lipinski definition) is 2. The van der Waals surface area contributed by atoms with Crippen molar-refractivity contribution in [1.82, 2.24) is 0 Å². The summed E-state index contributed by atoms with van der Waals surface area (Å²) >= 11 is 0. The van der Waals surface area contributed by atoms with Crippen molar-refractivity contribution < 1.29 is 13.6 Å². The van der Waals surface area contributed by atoms with E-state index in [0.717, 1.165) is 22.8 Å². The highest BCUT2D eigenvalue weighted by molar-refractivity contribution is 5.95. The molecule has 0 saturated heterocycles. The number of rotatable bonds is 3. The number of nitrogen functional groups attached to an aromatic ring is 1. The van der Waals surface area contributed by atoms with Crippen LogP contribution in [0.5, 0.6) is 0 Å². The molecule has 3 N–H and O–H groups in total. The van der Waals surface area contributed by atoms with Gasteiger partial charge in [-0.3, -0.25) is 4.79 Å². The lowest BCUT2D eigenvalue weighted by atomic mass is 10.0. The monoisotopic (exact) mass is 290 g/mol. The maximum atomic E-state index is 13.6. The Hall–Kier alpha value is -2.43. The van der Waals surface area contributed by atoms with E-state index in [4.69, 9.17) is 5.73 Å². The van der Waals surface area contributed by atoms with E-state index < -0.39 is 17.5 Å². The molecular formula is C16H16F2N2O. The van der Waals surface area contributed by atoms with Gasteiger partial charge in [-0.1, -0.05) is 18.2 Å². The molecule has 0 fully saturated rings. The minimum atomic E-state index is -1.15. The maximum Gasteiger partial charge on any atom is 0.228 e. The highest BCUT2D eigenvalue weighted by Gasteiger charge is 2.14. The third kappa shape index (κ3) is 3.37. The first kappa shape index (κ1) is 15.0. The zero-order valence-electron chi connectivity index (χ0n) is 11.8. The Labute approximate surface area is 121 Å². The summed E-state index contributed by atoms with van der Waals surface area (Å²) in [5.74, 6) is -2.65. The fraction of sp³-hybridized carbons (Fsp3) is 0.188. The van der Waals surface area contributed by atoms with Crippen LogP contribution in [0, 0.1) is 25.5 Å². The first-order chi connectivity index (χ1) is 9.88. The van der Waals surface area contributed by atoms with E-state index in [1.54, 1.807) is 0 Å². The van der Waals surface area contributed by atoms with Gasteiger partial charge in [-0.15, -0.1) is 0 Å². The van der Waals surface area contributed by atoms with Gasteiger partial charge >= 0.3 is 0 Å². The molecule has 1 amide bonds. The van der Waals surface area contributed by atoms with Crippen LogP contribution in [-0.2, 0) is 11.2 Å². The SMILES string of the molecule is Cc1ccc(CC(=O)Nc2c(N)ccc(F)c2F)cc1C. The van der Waals surface area contributed by atoms with E-state index in [1.165, 1.54) is 6.07 Å². The van der Waals surface area contributed by atoms with Crippen molar-refractivity contribution in [3.05, 3.63) is 58.7 Å². The Bertz CT molecular complexity index is 699. The molecule has 0 heterocycles. The molecule has 2 rings (SSSR count). The van der Waals surface area contributed by atoms with Gasteiger partial charge in [0, 0.05) is 0 Å². The summed E-state index contributed by atoms with van der Waals surface area (Å²) in [5.41, 5.74) is 8.22. The third-order valence-electron chi connectivity index (χ3n) is 3.33. The van der Waals surface area contributed by atoms with E-state index in [9.17, 15) is 13.6 Å². The molecule has 0 aliphatic rings. The molecule has 0 aliphatic heterocycles. The Balaban J connectivity index is 2.15. The number of nitrogens with two attached hydrogens (primary N) is 1. The van der Waals surface area contributed by atoms with Crippen molar-refractivity contribution in [3.63, 3.8) is 0 Å². The molecule has 0 saturated carbocycles. The number of halogens is 2. The highest BCUT2D eigenvalue weighted by Crippen LogP contribution is 2.24. The van der Waals surface area contributed by atoms with Gasteiger partial charge in [-0.2, -0.15) is 0 Å². The van der Waals surface area contributed by atoms with Gasteiger partial charge in [0.1, 0.15) is 5.69 Å². The predicted octanol–water partition coefficient (Wildman–Crippen LogP) is 3.35. The van der Waals surface area contributed by atoms with Crippen LogP contribution in [0.3, 0.4) is 0 Å². The standard InChI is InChI=1S/C16H16F2N2O/c1-9-3-4-11(7-10(9)2)8-14(21)20-16-13(19)6-5-12(17)15(16)18/h3-7H,8,19H2,1-2H3,(H,20,21). The van der Waals surface area contributed by atoms with Crippen LogP contribution in [0.15, 0.2) is 30.3 Å². The van der Waals surface area contributed by atoms with E-state index >= 15 is 0 Å². The first-order valence-corrected chi connectivity index (χ1v) is 6.48. The molecule has 5 heteroatoms. The summed E-state index contributed by atoms with van der Waals surface area (Å²) in [4.78, 5) is 11.9. The fourth-order valence-corrected chi connectivity index (χ4v) is 1.98. The minimum Gasteiger partial charge on any atom is -0.397 e. The lowest BCUT2D eigenvalue weighted by molar-refractivity contribution is -0.115. The van der Waals surface area contributed by atoms with E-state index in [1.807, 2.05) is 32.0 Å². The molecule has 21 heavy (non-hydrogen) atoms. The first-order valence-electron chi connectivity index (χ1n) is 6.48. The topological polar surface area (TPSA) is 55.1 Å². The number of anilines is 2. The molecule has 110 valence electrons. The number of hydrogen-bond acceptors (Lipinski definition) is 2. The van der Waals surface area contributed by atoms with Crippen LogP contribution in [0.25, 0.3) is 0 Å². The van der Waals surface area contributed by atoms with Crippen molar-refractivity contribution in [3.8, 4) is 0 Å². The summed E-state index contributed by atoms with van der Waals surface area (Å²) in [6, 6.07) is 7.76. The second-order valence-electron chi connectivity index (χ2n) is 4.97. The molecule has 0 bridgehead atoms. The zero-order chi connectivity index (χ0) is 15.6. The smallest absolute Gasteiger partial charge is 0.228 e. The second-order valence-corrected chi connectivity index (χ2v) is 4.97. The number of benzene rings is 2. The van der Waals surface area contributed by atoms with Crippen LogP contribution in [0.2, 0.25) is 0 Å². The molecule has 0 aromatic heterocycles. The van der Waals surface area contributed by atoms with Gasteiger partial charge in [0.2, 0.25) is 5.91 Å². The largest absolute Gasteiger partial charge is 0.397 e. The van der Waals surface area contributed by atoms with Gasteiger partial charge in [0.25, 0.3) is 0 Å². The fourth-order valence-electron chi connectivity index (χ4n) is 1.98. The molecule has 0 atom stereocenters. The Morgan fingerprint density at radius 1 is 1.14 bits per heavy atom. The summed E-state index contributed by atoms with van der Waals surface area (Å²) < 4.78 is 26.8. The minimum absolute atomic E-state index is 0.0117. The summed E-state index contributed by atoms with van der Waals surface area (Å²) in [6.45, 7) is 3.92. The predicted molar refractivity (Wildman–Crippen MR) is 79.0 cm³/mol. The molecule has 2 aromatic carbocycles. The molecule has 0 unspecified atom stereocenters. The summed E-state index contributed by atoms with van der Waals surface area (Å²) in [7, 11) is 0. The van der Waals surface area contributed by atoms with Crippen molar-refractivity contribution in [2.24, 2.45) is 0 Å². The van der Waals surface area contributed by atoms with Crippen LogP contribution in [-0.4, -0.2) is 5.91 Å². The van der Waals surface area contributed by atoms with E-state index in [2.05, 4.69) is 5.32 Å². The Kier molecular flexibility index (Phi) is 4.21. The molecule has 0 spiro atoms. The molecule has 2 aromatic rings. The van der Waals surface area contributed by atoms with Gasteiger partial charge in [-0.05, 0) is 42.7 Å². The van der Waals surface area contributed by atoms with Crippen LogP contribution >= 0.6 is 0 Å². The van der Waals surface area contributed by atoms with Gasteiger partial charge in [0.15, 0.2) is 11.6 Å². The number of nitrogens with one attached hydrogen (secondary N) is 1. The molecule has 0 aliphatic carbocycles. The normalized spacial score (nSPS) is 10.5. The van der Waals surface area contributed by atoms with Crippen molar-refractivity contribution >= 4 is 17.3 Å². The number of carbonyl (C=O) groups is 1.